The number of ether oxygens (including phenoxy) is 1. The van der Waals surface area contributed by atoms with Crippen molar-refractivity contribution in [2.75, 3.05) is 6.61 Å². The molecule has 2 N–H and O–H groups in total. The van der Waals surface area contributed by atoms with Crippen LogP contribution in [0.25, 0.3) is 0 Å². The van der Waals surface area contributed by atoms with E-state index < -0.39 is 6.04 Å². The van der Waals surface area contributed by atoms with E-state index in [2.05, 4.69) is 16.7 Å². The summed E-state index contributed by atoms with van der Waals surface area (Å²) in [5, 5.41) is 14.6. The highest BCUT2D eigenvalue weighted by Gasteiger charge is 2.24. The second-order valence-corrected chi connectivity index (χ2v) is 6.68. The van der Waals surface area contributed by atoms with Gasteiger partial charge in [-0.1, -0.05) is 26.0 Å². The molecule has 0 saturated carbocycles. The molecular formula is C22H25N3O3. The molecule has 0 fully saturated rings. The van der Waals surface area contributed by atoms with Crippen molar-refractivity contribution in [1.29, 1.82) is 5.26 Å². The SMILES string of the molecule is CCOc1ccc(C(=O)NC(C(=O)NCc2cccc(C#N)c2)C(C)C)cc1. The molecule has 0 saturated heterocycles. The summed E-state index contributed by atoms with van der Waals surface area (Å²) in [6.07, 6.45) is 0. The van der Waals surface area contributed by atoms with Crippen molar-refractivity contribution in [1.82, 2.24) is 10.6 Å². The smallest absolute Gasteiger partial charge is 0.251 e. The fraction of sp³-hybridized carbons (Fsp3) is 0.318. The minimum atomic E-state index is -0.668. The summed E-state index contributed by atoms with van der Waals surface area (Å²) in [4.78, 5) is 25.1. The second kappa shape index (κ2) is 10.1. The Morgan fingerprint density at radius 3 is 2.46 bits per heavy atom. The topological polar surface area (TPSA) is 91.2 Å². The molecule has 2 rings (SSSR count). The molecular weight excluding hydrogens is 354 g/mol. The Hall–Kier alpha value is -3.33. The van der Waals surface area contributed by atoms with Gasteiger partial charge in [-0.05, 0) is 54.8 Å². The van der Waals surface area contributed by atoms with Crippen molar-refractivity contribution < 1.29 is 14.3 Å². The van der Waals surface area contributed by atoms with Crippen LogP contribution < -0.4 is 15.4 Å². The van der Waals surface area contributed by atoms with Crippen LogP contribution in [0.1, 0.15) is 42.3 Å². The summed E-state index contributed by atoms with van der Waals surface area (Å²) in [7, 11) is 0. The number of rotatable bonds is 8. The van der Waals surface area contributed by atoms with Gasteiger partial charge in [-0.25, -0.2) is 0 Å². The van der Waals surface area contributed by atoms with Crippen LogP contribution in [0, 0.1) is 17.2 Å². The van der Waals surface area contributed by atoms with Gasteiger partial charge in [0, 0.05) is 12.1 Å². The molecule has 0 aromatic heterocycles. The predicted molar refractivity (Wildman–Crippen MR) is 107 cm³/mol. The lowest BCUT2D eigenvalue weighted by Gasteiger charge is -2.22. The van der Waals surface area contributed by atoms with E-state index in [4.69, 9.17) is 10.00 Å². The maximum absolute atomic E-state index is 12.6. The number of nitrogens with zero attached hydrogens (tertiary/aromatic N) is 1. The van der Waals surface area contributed by atoms with Gasteiger partial charge < -0.3 is 15.4 Å². The van der Waals surface area contributed by atoms with Gasteiger partial charge in [-0.2, -0.15) is 5.26 Å². The number of carbonyl (C=O) groups excluding carboxylic acids is 2. The van der Waals surface area contributed by atoms with Crippen LogP contribution in [-0.4, -0.2) is 24.5 Å². The molecule has 0 bridgehead atoms. The van der Waals surface area contributed by atoms with Gasteiger partial charge >= 0.3 is 0 Å². The van der Waals surface area contributed by atoms with Gasteiger partial charge in [0.25, 0.3) is 5.91 Å². The highest BCUT2D eigenvalue weighted by Crippen LogP contribution is 2.13. The maximum Gasteiger partial charge on any atom is 0.251 e. The fourth-order valence-electron chi connectivity index (χ4n) is 2.68. The van der Waals surface area contributed by atoms with Crippen molar-refractivity contribution in [3.05, 3.63) is 65.2 Å². The van der Waals surface area contributed by atoms with Gasteiger partial charge in [0.2, 0.25) is 5.91 Å². The largest absolute Gasteiger partial charge is 0.494 e. The second-order valence-electron chi connectivity index (χ2n) is 6.68. The molecule has 1 atom stereocenters. The first-order chi connectivity index (χ1) is 13.4. The Morgan fingerprint density at radius 1 is 1.14 bits per heavy atom. The molecule has 2 amide bonds. The standard InChI is InChI=1S/C22H25N3O3/c1-4-28-19-10-8-18(9-11-19)21(26)25-20(15(2)3)22(27)24-14-17-7-5-6-16(12-17)13-23/h5-12,15,20H,4,14H2,1-3H3,(H,24,27)(H,25,26). The minimum absolute atomic E-state index is 0.0860. The van der Waals surface area contributed by atoms with Crippen LogP contribution in [0.15, 0.2) is 48.5 Å². The monoisotopic (exact) mass is 379 g/mol. The molecule has 2 aromatic carbocycles. The van der Waals surface area contributed by atoms with E-state index in [1.165, 1.54) is 0 Å². The predicted octanol–water partition coefficient (Wildman–Crippen LogP) is 3.03. The first-order valence-corrected chi connectivity index (χ1v) is 9.25. The van der Waals surface area contributed by atoms with Crippen molar-refractivity contribution in [2.45, 2.75) is 33.4 Å². The molecule has 2 aromatic rings. The maximum atomic E-state index is 12.6. The third-order valence-corrected chi connectivity index (χ3v) is 4.19. The van der Waals surface area contributed by atoms with Crippen molar-refractivity contribution >= 4 is 11.8 Å². The molecule has 146 valence electrons. The highest BCUT2D eigenvalue weighted by molar-refractivity contribution is 5.97. The number of hydrogen-bond donors (Lipinski definition) is 2. The van der Waals surface area contributed by atoms with Crippen LogP contribution in [0.5, 0.6) is 5.75 Å². The van der Waals surface area contributed by atoms with Gasteiger partial charge in [0.15, 0.2) is 0 Å². The summed E-state index contributed by atoms with van der Waals surface area (Å²) in [5.74, 6) is 0.0221. The van der Waals surface area contributed by atoms with E-state index in [0.717, 1.165) is 5.56 Å². The van der Waals surface area contributed by atoms with E-state index in [1.54, 1.807) is 42.5 Å². The lowest BCUT2D eigenvalue weighted by atomic mass is 10.0. The van der Waals surface area contributed by atoms with E-state index >= 15 is 0 Å². The molecule has 0 aliphatic rings. The molecule has 1 unspecified atom stereocenters. The Morgan fingerprint density at radius 2 is 1.86 bits per heavy atom. The zero-order valence-corrected chi connectivity index (χ0v) is 16.4. The summed E-state index contributed by atoms with van der Waals surface area (Å²) in [6.45, 7) is 6.48. The van der Waals surface area contributed by atoms with Crippen molar-refractivity contribution in [2.24, 2.45) is 5.92 Å². The minimum Gasteiger partial charge on any atom is -0.494 e. The van der Waals surface area contributed by atoms with Crippen LogP contribution >= 0.6 is 0 Å². The normalized spacial score (nSPS) is 11.4. The number of nitriles is 1. The summed E-state index contributed by atoms with van der Waals surface area (Å²) < 4.78 is 5.37. The van der Waals surface area contributed by atoms with Gasteiger partial charge in [-0.3, -0.25) is 9.59 Å². The van der Waals surface area contributed by atoms with E-state index in [-0.39, 0.29) is 24.3 Å². The first kappa shape index (κ1) is 21.0. The highest BCUT2D eigenvalue weighted by atomic mass is 16.5. The number of carbonyl (C=O) groups is 2. The molecule has 6 heteroatoms. The van der Waals surface area contributed by atoms with Crippen molar-refractivity contribution in [3.8, 4) is 11.8 Å². The zero-order chi connectivity index (χ0) is 20.5. The van der Waals surface area contributed by atoms with E-state index in [0.29, 0.717) is 23.5 Å². The lowest BCUT2D eigenvalue weighted by Crippen LogP contribution is -2.49. The lowest BCUT2D eigenvalue weighted by molar-refractivity contribution is -0.124. The fourth-order valence-corrected chi connectivity index (χ4v) is 2.68. The third kappa shape index (κ3) is 5.85. The number of nitrogens with one attached hydrogen (secondary N) is 2. The summed E-state index contributed by atoms with van der Waals surface area (Å²) in [5.41, 5.74) is 1.83. The Labute approximate surface area is 165 Å². The Kier molecular flexibility index (Phi) is 7.58. The molecule has 0 radical (unpaired) electrons. The third-order valence-electron chi connectivity index (χ3n) is 4.19. The van der Waals surface area contributed by atoms with Gasteiger partial charge in [-0.15, -0.1) is 0 Å². The molecule has 6 nitrogen and oxygen atoms in total. The number of hydrogen-bond acceptors (Lipinski definition) is 4. The molecule has 0 aliphatic heterocycles. The summed E-state index contributed by atoms with van der Waals surface area (Å²) in [6, 6.07) is 15.2. The van der Waals surface area contributed by atoms with Crippen LogP contribution in [0.4, 0.5) is 0 Å². The molecule has 0 aliphatic carbocycles. The van der Waals surface area contributed by atoms with Crippen LogP contribution in [0.2, 0.25) is 0 Å². The van der Waals surface area contributed by atoms with Crippen LogP contribution in [0.3, 0.4) is 0 Å². The van der Waals surface area contributed by atoms with Gasteiger partial charge in [0.05, 0.1) is 18.2 Å². The van der Waals surface area contributed by atoms with E-state index in [9.17, 15) is 9.59 Å². The van der Waals surface area contributed by atoms with E-state index in [1.807, 2.05) is 26.8 Å². The Balaban J connectivity index is 2.00. The average Bonchev–Trinajstić information content (AvgIpc) is 2.70. The van der Waals surface area contributed by atoms with Crippen molar-refractivity contribution in [3.63, 3.8) is 0 Å². The zero-order valence-electron chi connectivity index (χ0n) is 16.4. The Bertz CT molecular complexity index is 854. The number of benzene rings is 2. The average molecular weight is 379 g/mol. The number of amides is 2. The molecule has 0 heterocycles. The first-order valence-electron chi connectivity index (χ1n) is 9.25. The quantitative estimate of drug-likeness (QED) is 0.737. The summed E-state index contributed by atoms with van der Waals surface area (Å²) >= 11 is 0. The molecule has 0 spiro atoms. The van der Waals surface area contributed by atoms with Gasteiger partial charge in [0.1, 0.15) is 11.8 Å². The molecule has 28 heavy (non-hydrogen) atoms. The van der Waals surface area contributed by atoms with Crippen LogP contribution in [-0.2, 0) is 11.3 Å².